The van der Waals surface area contributed by atoms with Crippen LogP contribution in [0.15, 0.2) is 35.1 Å². The van der Waals surface area contributed by atoms with Gasteiger partial charge in [0.25, 0.3) is 0 Å². The Kier molecular flexibility index (Phi) is 3.57. The van der Waals surface area contributed by atoms with E-state index in [0.717, 1.165) is 10.2 Å². The van der Waals surface area contributed by atoms with E-state index in [0.29, 0.717) is 10.8 Å². The topological polar surface area (TPSA) is 61.6 Å². The summed E-state index contributed by atoms with van der Waals surface area (Å²) in [5.74, 6) is 0.421. The summed E-state index contributed by atoms with van der Waals surface area (Å²) in [5, 5.41) is 12.5. The summed E-state index contributed by atoms with van der Waals surface area (Å²) in [6.07, 6.45) is 3.00. The molecule has 0 amide bonds. The molecule has 0 aliphatic carbocycles. The molecule has 1 aromatic heterocycles. The van der Waals surface area contributed by atoms with E-state index in [2.05, 4.69) is 31.2 Å². The minimum absolute atomic E-state index is 0.249. The number of benzene rings is 1. The Bertz CT molecular complexity index is 594. The van der Waals surface area contributed by atoms with Crippen molar-refractivity contribution in [1.29, 1.82) is 5.26 Å². The van der Waals surface area contributed by atoms with Crippen LogP contribution in [0.25, 0.3) is 0 Å². The molecule has 84 valence electrons. The van der Waals surface area contributed by atoms with E-state index in [-0.39, 0.29) is 5.69 Å². The third-order valence-corrected chi connectivity index (χ3v) is 3.20. The molecular weight excluding hydrogens is 304 g/mol. The number of hydrogen-bond acceptors (Lipinski definition) is 4. The van der Waals surface area contributed by atoms with Crippen molar-refractivity contribution in [2.24, 2.45) is 0 Å². The van der Waals surface area contributed by atoms with Crippen LogP contribution in [-0.4, -0.2) is 9.97 Å². The molecule has 0 aliphatic heterocycles. The lowest BCUT2D eigenvalue weighted by atomic mass is 10.3. The molecule has 0 bridgehead atoms. The second-order valence-corrected chi connectivity index (χ2v) is 4.38. The summed E-state index contributed by atoms with van der Waals surface area (Å²) >= 11 is 9.21. The molecule has 0 saturated heterocycles. The van der Waals surface area contributed by atoms with Gasteiger partial charge in [0.1, 0.15) is 6.07 Å². The monoisotopic (exact) mass is 308 g/mol. The Balaban J connectivity index is 2.32. The zero-order valence-corrected chi connectivity index (χ0v) is 10.8. The van der Waals surface area contributed by atoms with Crippen LogP contribution in [0.4, 0.5) is 11.5 Å². The molecule has 0 spiro atoms. The highest BCUT2D eigenvalue weighted by molar-refractivity contribution is 9.10. The highest BCUT2D eigenvalue weighted by atomic mass is 79.9. The van der Waals surface area contributed by atoms with Gasteiger partial charge in [-0.3, -0.25) is 0 Å². The molecule has 1 aromatic carbocycles. The predicted molar refractivity (Wildman–Crippen MR) is 69.2 cm³/mol. The first-order valence-electron chi connectivity index (χ1n) is 4.64. The molecule has 0 atom stereocenters. The lowest BCUT2D eigenvalue weighted by Gasteiger charge is -2.07. The first-order valence-corrected chi connectivity index (χ1v) is 5.81. The van der Waals surface area contributed by atoms with Crippen LogP contribution >= 0.6 is 27.5 Å². The van der Waals surface area contributed by atoms with E-state index < -0.39 is 0 Å². The Labute approximate surface area is 111 Å². The van der Waals surface area contributed by atoms with Crippen molar-refractivity contribution < 1.29 is 0 Å². The number of nitrogens with zero attached hydrogens (tertiary/aromatic N) is 3. The van der Waals surface area contributed by atoms with Gasteiger partial charge in [-0.25, -0.2) is 9.97 Å². The van der Waals surface area contributed by atoms with Crippen LogP contribution in [0, 0.1) is 11.3 Å². The van der Waals surface area contributed by atoms with Crippen molar-refractivity contribution in [3.63, 3.8) is 0 Å². The molecule has 2 rings (SSSR count). The molecule has 6 heteroatoms. The van der Waals surface area contributed by atoms with Crippen molar-refractivity contribution in [2.75, 3.05) is 5.32 Å². The van der Waals surface area contributed by atoms with Gasteiger partial charge in [-0.05, 0) is 34.1 Å². The summed E-state index contributed by atoms with van der Waals surface area (Å²) in [6, 6.07) is 7.31. The van der Waals surface area contributed by atoms with Gasteiger partial charge in [0, 0.05) is 22.6 Å². The van der Waals surface area contributed by atoms with Crippen LogP contribution in [-0.2, 0) is 0 Å². The van der Waals surface area contributed by atoms with Gasteiger partial charge in [-0.2, -0.15) is 5.26 Å². The Morgan fingerprint density at radius 2 is 2.06 bits per heavy atom. The zero-order chi connectivity index (χ0) is 12.3. The smallest absolute Gasteiger partial charge is 0.183 e. The minimum Gasteiger partial charge on any atom is -0.338 e. The summed E-state index contributed by atoms with van der Waals surface area (Å²) in [4.78, 5) is 7.96. The quantitative estimate of drug-likeness (QED) is 0.922. The average molecular weight is 310 g/mol. The van der Waals surface area contributed by atoms with Gasteiger partial charge < -0.3 is 5.32 Å². The summed E-state index contributed by atoms with van der Waals surface area (Å²) in [5.41, 5.74) is 1.02. The van der Waals surface area contributed by atoms with Gasteiger partial charge in [0.2, 0.25) is 0 Å². The maximum atomic E-state index is 8.87. The normalized spacial score (nSPS) is 9.71. The van der Waals surface area contributed by atoms with Gasteiger partial charge in [0.05, 0.1) is 5.02 Å². The summed E-state index contributed by atoms with van der Waals surface area (Å²) < 4.78 is 0.770. The third kappa shape index (κ3) is 2.73. The van der Waals surface area contributed by atoms with Crippen LogP contribution in [0.5, 0.6) is 0 Å². The maximum absolute atomic E-state index is 8.87. The van der Waals surface area contributed by atoms with E-state index in [9.17, 15) is 0 Å². The number of nitriles is 1. The van der Waals surface area contributed by atoms with E-state index in [1.165, 1.54) is 12.4 Å². The van der Waals surface area contributed by atoms with E-state index in [4.69, 9.17) is 16.9 Å². The molecule has 0 aliphatic rings. The van der Waals surface area contributed by atoms with Crippen molar-refractivity contribution in [1.82, 2.24) is 9.97 Å². The second kappa shape index (κ2) is 5.13. The maximum Gasteiger partial charge on any atom is 0.183 e. The van der Waals surface area contributed by atoms with Crippen molar-refractivity contribution in [3.05, 3.63) is 45.8 Å². The standard InChI is InChI=1S/C11H6BrClN4/c12-8-5-7(1-2-9(8)13)17-11-10(6-14)15-3-4-16-11/h1-5H,(H,16,17). The number of anilines is 2. The number of hydrogen-bond donors (Lipinski definition) is 1. The van der Waals surface area contributed by atoms with Crippen molar-refractivity contribution >= 4 is 39.0 Å². The van der Waals surface area contributed by atoms with Crippen LogP contribution in [0.1, 0.15) is 5.69 Å². The second-order valence-electron chi connectivity index (χ2n) is 3.12. The van der Waals surface area contributed by atoms with Gasteiger partial charge in [-0.15, -0.1) is 0 Å². The minimum atomic E-state index is 0.249. The highest BCUT2D eigenvalue weighted by Crippen LogP contribution is 2.27. The van der Waals surface area contributed by atoms with Crippen molar-refractivity contribution in [2.45, 2.75) is 0 Å². The molecule has 0 fully saturated rings. The first-order chi connectivity index (χ1) is 8.20. The number of rotatable bonds is 2. The number of halogens is 2. The number of aromatic nitrogens is 2. The van der Waals surface area contributed by atoms with Gasteiger partial charge in [0.15, 0.2) is 11.5 Å². The van der Waals surface area contributed by atoms with Crippen molar-refractivity contribution in [3.8, 4) is 6.07 Å². The lowest BCUT2D eigenvalue weighted by molar-refractivity contribution is 1.16. The Morgan fingerprint density at radius 1 is 1.29 bits per heavy atom. The molecule has 17 heavy (non-hydrogen) atoms. The van der Waals surface area contributed by atoms with Crippen LogP contribution in [0.3, 0.4) is 0 Å². The highest BCUT2D eigenvalue weighted by Gasteiger charge is 2.05. The largest absolute Gasteiger partial charge is 0.338 e. The molecule has 1 N–H and O–H groups in total. The molecule has 0 unspecified atom stereocenters. The van der Waals surface area contributed by atoms with Gasteiger partial charge in [-0.1, -0.05) is 11.6 Å². The SMILES string of the molecule is N#Cc1nccnc1Nc1ccc(Cl)c(Br)c1. The fourth-order valence-electron chi connectivity index (χ4n) is 1.22. The molecule has 1 heterocycles. The lowest BCUT2D eigenvalue weighted by Crippen LogP contribution is -1.98. The molecule has 2 aromatic rings. The predicted octanol–water partition coefficient (Wildman–Crippen LogP) is 3.51. The molecule has 4 nitrogen and oxygen atoms in total. The summed E-state index contributed by atoms with van der Waals surface area (Å²) in [7, 11) is 0. The van der Waals surface area contributed by atoms with E-state index in [1.54, 1.807) is 18.2 Å². The fraction of sp³-hybridized carbons (Fsp3) is 0. The number of nitrogens with one attached hydrogen (secondary N) is 1. The molecule has 0 radical (unpaired) electrons. The van der Waals surface area contributed by atoms with E-state index in [1.807, 2.05) is 6.07 Å². The third-order valence-electron chi connectivity index (χ3n) is 1.99. The fourth-order valence-corrected chi connectivity index (χ4v) is 1.72. The van der Waals surface area contributed by atoms with Crippen LogP contribution < -0.4 is 5.32 Å². The first kappa shape index (κ1) is 11.8. The Morgan fingerprint density at radius 3 is 2.76 bits per heavy atom. The van der Waals surface area contributed by atoms with Crippen LogP contribution in [0.2, 0.25) is 5.02 Å². The average Bonchev–Trinajstić information content (AvgIpc) is 2.34. The van der Waals surface area contributed by atoms with E-state index >= 15 is 0 Å². The molecular formula is C11H6BrClN4. The Hall–Kier alpha value is -1.64. The summed E-state index contributed by atoms with van der Waals surface area (Å²) in [6.45, 7) is 0. The van der Waals surface area contributed by atoms with Gasteiger partial charge >= 0.3 is 0 Å². The zero-order valence-electron chi connectivity index (χ0n) is 8.48. The molecule has 0 saturated carbocycles.